The Kier molecular flexibility index (Phi) is 6.81. The van der Waals surface area contributed by atoms with Crippen molar-refractivity contribution in [1.82, 2.24) is 10.3 Å². The molecular weight excluding hydrogens is 284 g/mol. The van der Waals surface area contributed by atoms with E-state index in [4.69, 9.17) is 4.74 Å². The van der Waals surface area contributed by atoms with E-state index in [0.717, 1.165) is 30.3 Å². The number of unbranched alkanes of at least 4 members (excludes halogenated alkanes) is 2. The van der Waals surface area contributed by atoms with E-state index in [1.807, 2.05) is 0 Å². The highest BCUT2D eigenvalue weighted by atomic mass is 79.9. The minimum Gasteiger partial charge on any atom is -0.385 e. The molecule has 1 N–H and O–H groups in total. The molecule has 1 rings (SSSR count). The number of hydrogen-bond acceptors (Lipinski definition) is 3. The summed E-state index contributed by atoms with van der Waals surface area (Å²) < 4.78 is 5.67. The molecule has 1 heterocycles. The fourth-order valence-corrected chi connectivity index (χ4v) is 1.82. The van der Waals surface area contributed by atoms with Gasteiger partial charge in [-0.15, -0.1) is 0 Å². The van der Waals surface area contributed by atoms with Crippen molar-refractivity contribution in [2.24, 2.45) is 0 Å². The van der Waals surface area contributed by atoms with Crippen LogP contribution in [-0.2, 0) is 4.74 Å². The lowest BCUT2D eigenvalue weighted by molar-refractivity contribution is 0.0947. The number of aromatic nitrogens is 1. The van der Waals surface area contributed by atoms with Crippen molar-refractivity contribution in [3.05, 3.63) is 28.5 Å². The first kappa shape index (κ1) is 14.1. The van der Waals surface area contributed by atoms with E-state index in [1.54, 1.807) is 25.4 Å². The quantitative estimate of drug-likeness (QED) is 0.787. The minimum absolute atomic E-state index is 0.135. The molecule has 5 heteroatoms. The van der Waals surface area contributed by atoms with E-state index in [0.29, 0.717) is 12.2 Å². The molecule has 0 unspecified atom stereocenters. The summed E-state index contributed by atoms with van der Waals surface area (Å²) >= 11 is 3.30. The lowest BCUT2D eigenvalue weighted by Crippen LogP contribution is -2.25. The summed E-state index contributed by atoms with van der Waals surface area (Å²) in [6.07, 6.45) is 4.65. The van der Waals surface area contributed by atoms with Gasteiger partial charge in [-0.25, -0.2) is 4.98 Å². The van der Waals surface area contributed by atoms with Gasteiger partial charge in [0.2, 0.25) is 0 Å². The summed E-state index contributed by atoms with van der Waals surface area (Å²) in [5.41, 5.74) is 0.435. The lowest BCUT2D eigenvalue weighted by Gasteiger charge is -2.05. The van der Waals surface area contributed by atoms with Crippen molar-refractivity contribution < 1.29 is 9.53 Å². The molecule has 0 aromatic carbocycles. The van der Waals surface area contributed by atoms with Crippen LogP contribution >= 0.6 is 15.9 Å². The number of nitrogens with zero attached hydrogens (tertiary/aromatic N) is 1. The van der Waals surface area contributed by atoms with E-state index in [2.05, 4.69) is 26.2 Å². The van der Waals surface area contributed by atoms with Crippen molar-refractivity contribution in [2.75, 3.05) is 20.3 Å². The summed E-state index contributed by atoms with van der Waals surface area (Å²) in [5, 5.41) is 2.84. The van der Waals surface area contributed by atoms with Crippen LogP contribution in [0, 0.1) is 0 Å². The SMILES string of the molecule is COCCCCCNC(=O)c1ncccc1Br. The number of pyridine rings is 1. The monoisotopic (exact) mass is 300 g/mol. The summed E-state index contributed by atoms with van der Waals surface area (Å²) in [6.45, 7) is 1.45. The average molecular weight is 301 g/mol. The molecule has 0 aliphatic carbocycles. The van der Waals surface area contributed by atoms with Gasteiger partial charge in [-0.3, -0.25) is 4.79 Å². The van der Waals surface area contributed by atoms with Crippen LogP contribution in [0.15, 0.2) is 22.8 Å². The number of amides is 1. The van der Waals surface area contributed by atoms with Gasteiger partial charge in [0, 0.05) is 30.9 Å². The molecule has 0 aliphatic heterocycles. The maximum absolute atomic E-state index is 11.7. The summed E-state index contributed by atoms with van der Waals surface area (Å²) in [6, 6.07) is 3.59. The van der Waals surface area contributed by atoms with Gasteiger partial charge in [0.15, 0.2) is 0 Å². The average Bonchev–Trinajstić information content (AvgIpc) is 2.34. The van der Waals surface area contributed by atoms with Gasteiger partial charge in [-0.2, -0.15) is 0 Å². The Morgan fingerprint density at radius 2 is 2.29 bits per heavy atom. The molecule has 0 saturated heterocycles. The Bertz CT molecular complexity index is 358. The molecule has 0 atom stereocenters. The first-order valence-electron chi connectivity index (χ1n) is 5.63. The Labute approximate surface area is 110 Å². The van der Waals surface area contributed by atoms with E-state index >= 15 is 0 Å². The van der Waals surface area contributed by atoms with Gasteiger partial charge >= 0.3 is 0 Å². The van der Waals surface area contributed by atoms with Gasteiger partial charge in [-0.1, -0.05) is 0 Å². The van der Waals surface area contributed by atoms with Crippen LogP contribution in [-0.4, -0.2) is 31.2 Å². The molecule has 1 aromatic heterocycles. The van der Waals surface area contributed by atoms with Gasteiger partial charge in [0.25, 0.3) is 5.91 Å². The Morgan fingerprint density at radius 1 is 1.47 bits per heavy atom. The standard InChI is InChI=1S/C12H17BrN2O2/c1-17-9-4-2-3-7-15-12(16)11-10(13)6-5-8-14-11/h5-6,8H,2-4,7,9H2,1H3,(H,15,16). The van der Waals surface area contributed by atoms with E-state index in [1.165, 1.54) is 0 Å². The van der Waals surface area contributed by atoms with Crippen LogP contribution in [0.1, 0.15) is 29.8 Å². The number of carbonyl (C=O) groups is 1. The van der Waals surface area contributed by atoms with Gasteiger partial charge in [-0.05, 0) is 47.3 Å². The zero-order chi connectivity index (χ0) is 12.5. The molecule has 94 valence electrons. The van der Waals surface area contributed by atoms with Crippen LogP contribution < -0.4 is 5.32 Å². The Morgan fingerprint density at radius 3 is 3.00 bits per heavy atom. The van der Waals surface area contributed by atoms with Crippen LogP contribution in [0.3, 0.4) is 0 Å². The van der Waals surface area contributed by atoms with Crippen molar-refractivity contribution in [3.8, 4) is 0 Å². The molecule has 4 nitrogen and oxygen atoms in total. The maximum atomic E-state index is 11.7. The molecule has 1 aromatic rings. The summed E-state index contributed by atoms with van der Waals surface area (Å²) in [7, 11) is 1.69. The van der Waals surface area contributed by atoms with E-state index in [-0.39, 0.29) is 5.91 Å². The normalized spacial score (nSPS) is 10.2. The number of carbonyl (C=O) groups excluding carboxylic acids is 1. The second kappa shape index (κ2) is 8.20. The topological polar surface area (TPSA) is 51.2 Å². The largest absolute Gasteiger partial charge is 0.385 e. The predicted molar refractivity (Wildman–Crippen MR) is 70.0 cm³/mol. The summed E-state index contributed by atoms with van der Waals surface area (Å²) in [4.78, 5) is 15.8. The lowest BCUT2D eigenvalue weighted by atomic mass is 10.2. The number of nitrogens with one attached hydrogen (secondary N) is 1. The number of halogens is 1. The third-order valence-corrected chi connectivity index (χ3v) is 2.92. The van der Waals surface area contributed by atoms with Crippen LogP contribution in [0.5, 0.6) is 0 Å². The second-order valence-corrected chi connectivity index (χ2v) is 4.50. The molecular formula is C12H17BrN2O2. The van der Waals surface area contributed by atoms with Crippen LogP contribution in [0.4, 0.5) is 0 Å². The van der Waals surface area contributed by atoms with Gasteiger partial charge in [0.05, 0.1) is 0 Å². The highest BCUT2D eigenvalue weighted by Crippen LogP contribution is 2.12. The van der Waals surface area contributed by atoms with E-state index < -0.39 is 0 Å². The van der Waals surface area contributed by atoms with Crippen molar-refractivity contribution in [3.63, 3.8) is 0 Å². The van der Waals surface area contributed by atoms with Gasteiger partial charge in [0.1, 0.15) is 5.69 Å². The van der Waals surface area contributed by atoms with Crippen LogP contribution in [0.25, 0.3) is 0 Å². The third kappa shape index (κ3) is 5.28. The zero-order valence-electron chi connectivity index (χ0n) is 9.91. The van der Waals surface area contributed by atoms with Gasteiger partial charge < -0.3 is 10.1 Å². The number of hydrogen-bond donors (Lipinski definition) is 1. The second-order valence-electron chi connectivity index (χ2n) is 3.64. The number of rotatable bonds is 7. The highest BCUT2D eigenvalue weighted by Gasteiger charge is 2.09. The molecule has 0 radical (unpaired) electrons. The number of methoxy groups -OCH3 is 1. The number of ether oxygens (including phenoxy) is 1. The first-order valence-corrected chi connectivity index (χ1v) is 6.42. The zero-order valence-corrected chi connectivity index (χ0v) is 11.5. The fourth-order valence-electron chi connectivity index (χ4n) is 1.39. The van der Waals surface area contributed by atoms with Crippen molar-refractivity contribution in [2.45, 2.75) is 19.3 Å². The fraction of sp³-hybridized carbons (Fsp3) is 0.500. The molecule has 0 fully saturated rings. The van der Waals surface area contributed by atoms with Crippen LogP contribution in [0.2, 0.25) is 0 Å². The summed E-state index contributed by atoms with van der Waals surface area (Å²) in [5.74, 6) is -0.135. The molecule has 0 saturated carbocycles. The predicted octanol–water partition coefficient (Wildman–Crippen LogP) is 2.39. The molecule has 1 amide bonds. The minimum atomic E-state index is -0.135. The highest BCUT2D eigenvalue weighted by molar-refractivity contribution is 9.10. The van der Waals surface area contributed by atoms with Crippen molar-refractivity contribution >= 4 is 21.8 Å². The molecule has 0 bridgehead atoms. The Balaban J connectivity index is 2.24. The van der Waals surface area contributed by atoms with Crippen molar-refractivity contribution in [1.29, 1.82) is 0 Å². The Hall–Kier alpha value is -0.940. The van der Waals surface area contributed by atoms with E-state index in [9.17, 15) is 4.79 Å². The smallest absolute Gasteiger partial charge is 0.271 e. The molecule has 0 aliphatic rings. The maximum Gasteiger partial charge on any atom is 0.271 e. The molecule has 17 heavy (non-hydrogen) atoms. The molecule has 0 spiro atoms. The first-order chi connectivity index (χ1) is 8.25. The third-order valence-electron chi connectivity index (χ3n) is 2.28.